The quantitative estimate of drug-likeness (QED) is 0.0406. The molecule has 18 nitrogen and oxygen atoms in total. The highest BCUT2D eigenvalue weighted by Crippen LogP contribution is 2.60. The topological polar surface area (TPSA) is 229 Å². The van der Waals surface area contributed by atoms with E-state index in [1.165, 1.54) is 29.2 Å². The van der Waals surface area contributed by atoms with Crippen molar-refractivity contribution < 1.29 is 67.4 Å². The number of nitro benzene ring substituents is 1. The Morgan fingerprint density at radius 1 is 0.836 bits per heavy atom. The molecular formula is C47H69Cl2N3O15. The molecule has 6 heterocycles. The number of β-amino-alcohol motifs (C(OH)–C–C–N with tert-alkyl or cyclic N) is 2. The Morgan fingerprint density at radius 3 is 1.61 bits per heavy atom. The van der Waals surface area contributed by atoms with E-state index >= 15 is 0 Å². The third kappa shape index (κ3) is 12.8. The van der Waals surface area contributed by atoms with E-state index in [9.17, 15) is 24.8 Å². The molecule has 0 bridgehead atoms. The number of nitrogens with one attached hydrogen (secondary N) is 1. The third-order valence-electron chi connectivity index (χ3n) is 13.8. The Morgan fingerprint density at radius 2 is 1.27 bits per heavy atom. The monoisotopic (exact) mass is 985 g/mol. The van der Waals surface area contributed by atoms with Crippen molar-refractivity contribution in [1.82, 2.24) is 10.2 Å². The highest BCUT2D eigenvalue weighted by Gasteiger charge is 2.73. The summed E-state index contributed by atoms with van der Waals surface area (Å²) >= 11 is 9.53. The molecule has 1 aromatic carbocycles. The van der Waals surface area contributed by atoms with Gasteiger partial charge in [0.25, 0.3) is 5.69 Å². The molecule has 0 aromatic heterocycles. The first-order valence-corrected chi connectivity index (χ1v) is 24.2. The van der Waals surface area contributed by atoms with Crippen molar-refractivity contribution in [2.24, 2.45) is 23.7 Å². The first-order chi connectivity index (χ1) is 31.8. The smallest absolute Gasteiger partial charge is 0.443 e. The Bertz CT molecular complexity index is 1890. The number of aliphatic hydroxyl groups excluding tert-OH is 2. The lowest BCUT2D eigenvalue weighted by atomic mass is 9.68. The summed E-state index contributed by atoms with van der Waals surface area (Å²) in [6.07, 6.45) is 8.02. The molecule has 12 atom stereocenters. The van der Waals surface area contributed by atoms with Gasteiger partial charge in [0.15, 0.2) is 0 Å². The van der Waals surface area contributed by atoms with Gasteiger partial charge in [-0.25, -0.2) is 9.59 Å². The van der Waals surface area contributed by atoms with Gasteiger partial charge in [-0.05, 0) is 63.5 Å². The number of nitro groups is 1. The minimum absolute atomic E-state index is 0.00495. The molecule has 1 aromatic rings. The summed E-state index contributed by atoms with van der Waals surface area (Å²) in [5, 5.41) is 31.7. The lowest BCUT2D eigenvalue weighted by Crippen LogP contribution is -2.58. The molecule has 2 unspecified atom stereocenters. The van der Waals surface area contributed by atoms with Gasteiger partial charge in [0.1, 0.15) is 64.8 Å². The molecule has 0 radical (unpaired) electrons. The lowest BCUT2D eigenvalue weighted by Gasteiger charge is -2.44. The van der Waals surface area contributed by atoms with E-state index in [0.717, 1.165) is 25.9 Å². The standard InChI is InChI=1S/C23H29NO8.C20H31NO6.C3H7NO.CH2Cl2/c1-14(2)5-10-18-22(3,32-18)20-19(28-4)17(11-12-23(20)13-29-23)31-21(25)30-16-8-6-15(7-9-16)24(26)27;1-12(2)5-6-15-19(3,27-15)17-16(24-4)14(7-8-20(17)11-25-20)26-18(23)21-9-13(22)10-21;5-3-1-4-2-3;2-1-3/h5-10,14,17-20H,11-13H2,1-4H3;5-6,12-17,22H,7-11H2,1-4H3;3-5H,1-2H2;1H2/b10-5+;6-5+;;/t17-,18-,19-,20?,22-,23+;14-,15-,16-,17?,19-,20+;;/m11../s1. The van der Waals surface area contributed by atoms with Gasteiger partial charge >= 0.3 is 12.2 Å². The maximum absolute atomic E-state index is 12.4. The Balaban J connectivity index is 0.000000192. The molecule has 6 aliphatic heterocycles. The number of aliphatic hydroxyl groups is 2. The fraction of sp³-hybridized carbons (Fsp3) is 0.745. The van der Waals surface area contributed by atoms with Crippen molar-refractivity contribution in [3.05, 3.63) is 58.7 Å². The fourth-order valence-corrected chi connectivity index (χ4v) is 9.85. The second-order valence-corrected chi connectivity index (χ2v) is 20.3. The van der Waals surface area contributed by atoms with Crippen LogP contribution < -0.4 is 10.1 Å². The molecule has 20 heteroatoms. The summed E-state index contributed by atoms with van der Waals surface area (Å²) in [7, 11) is 3.26. The van der Waals surface area contributed by atoms with Crippen LogP contribution in [-0.4, -0.2) is 162 Å². The van der Waals surface area contributed by atoms with Crippen LogP contribution in [0, 0.1) is 33.8 Å². The van der Waals surface area contributed by atoms with Crippen molar-refractivity contribution >= 4 is 41.1 Å². The number of epoxide rings is 4. The number of halogens is 2. The number of carbonyl (C=O) groups excluding carboxylic acids is 2. The van der Waals surface area contributed by atoms with Gasteiger partial charge in [0.05, 0.1) is 60.6 Å². The number of benzene rings is 1. The van der Waals surface area contributed by atoms with Gasteiger partial charge in [-0.3, -0.25) is 10.1 Å². The minimum atomic E-state index is -0.879. The summed E-state index contributed by atoms with van der Waals surface area (Å²) in [6, 6.07) is 5.24. The van der Waals surface area contributed by atoms with Crippen LogP contribution in [-0.2, 0) is 37.9 Å². The van der Waals surface area contributed by atoms with Crippen molar-refractivity contribution in [2.75, 3.05) is 59.0 Å². The number of methoxy groups -OCH3 is 2. The molecule has 9 rings (SSSR count). The second-order valence-electron chi connectivity index (χ2n) is 19.5. The summed E-state index contributed by atoms with van der Waals surface area (Å²) in [4.78, 5) is 36.6. The summed E-state index contributed by atoms with van der Waals surface area (Å²) in [5.74, 6) is 0.956. The minimum Gasteiger partial charge on any atom is -0.443 e. The molecule has 2 spiro atoms. The molecule has 3 N–H and O–H groups in total. The van der Waals surface area contributed by atoms with Crippen LogP contribution in [0.15, 0.2) is 48.6 Å². The van der Waals surface area contributed by atoms with Crippen LogP contribution in [0.4, 0.5) is 15.3 Å². The summed E-state index contributed by atoms with van der Waals surface area (Å²) < 4.78 is 52.3. The number of amides is 1. The maximum atomic E-state index is 12.4. The number of rotatable bonds is 12. The van der Waals surface area contributed by atoms with E-state index in [2.05, 4.69) is 71.2 Å². The number of likely N-dealkylation sites (tertiary alicyclic amines) is 1. The van der Waals surface area contributed by atoms with Crippen LogP contribution >= 0.6 is 23.2 Å². The average Bonchev–Trinajstić information content (AvgIpc) is 4.14. The molecular weight excluding hydrogens is 917 g/mol. The lowest BCUT2D eigenvalue weighted by molar-refractivity contribution is -0.384. The van der Waals surface area contributed by atoms with E-state index in [-0.39, 0.29) is 82.0 Å². The van der Waals surface area contributed by atoms with Gasteiger partial charge in [0, 0.05) is 39.4 Å². The van der Waals surface area contributed by atoms with Crippen molar-refractivity contribution in [3.63, 3.8) is 0 Å². The predicted octanol–water partition coefficient (Wildman–Crippen LogP) is 6.15. The van der Waals surface area contributed by atoms with Crippen LogP contribution in [0.25, 0.3) is 0 Å². The van der Waals surface area contributed by atoms with Gasteiger partial charge in [0.2, 0.25) is 0 Å². The number of alkyl halides is 2. The van der Waals surface area contributed by atoms with Gasteiger partial charge in [-0.15, -0.1) is 23.2 Å². The molecule has 2 saturated carbocycles. The number of non-ortho nitro benzene ring substituents is 1. The molecule has 2 aliphatic carbocycles. The van der Waals surface area contributed by atoms with E-state index in [1.54, 1.807) is 14.2 Å². The highest BCUT2D eigenvalue weighted by atomic mass is 35.5. The zero-order valence-corrected chi connectivity index (χ0v) is 41.2. The number of allylic oxidation sites excluding steroid dienone is 2. The predicted molar refractivity (Wildman–Crippen MR) is 246 cm³/mol. The molecule has 1 amide bonds. The molecule has 8 aliphatic rings. The number of carbonyl (C=O) groups is 2. The number of hydrogen-bond acceptors (Lipinski definition) is 16. The van der Waals surface area contributed by atoms with E-state index in [0.29, 0.717) is 51.0 Å². The van der Waals surface area contributed by atoms with Crippen molar-refractivity contribution in [2.45, 2.75) is 138 Å². The van der Waals surface area contributed by atoms with Crippen LogP contribution in [0.5, 0.6) is 5.75 Å². The Hall–Kier alpha value is -3.14. The maximum Gasteiger partial charge on any atom is 0.514 e. The highest BCUT2D eigenvalue weighted by molar-refractivity contribution is 6.40. The van der Waals surface area contributed by atoms with Crippen LogP contribution in [0.2, 0.25) is 0 Å². The van der Waals surface area contributed by atoms with Gasteiger partial charge in [-0.1, -0.05) is 52.0 Å². The first kappa shape index (κ1) is 53.2. The SMILES string of the molecule is CO[C@H]1C([C@]2(C)O[C@@H]2/C=C/C(C)C)[C@]2(CC[C@H]1OC(=O)N1CC(O)C1)CO2.CO[C@H]1C([C@]2(C)O[C@@H]2/C=C/C(C)C)[C@]2(CC[C@H]1OC(=O)Oc1ccc([N+](=O)[O-])cc1)CO2.ClCCl.OC1CNC1. The number of nitrogens with zero attached hydrogens (tertiary/aromatic N) is 2. The summed E-state index contributed by atoms with van der Waals surface area (Å²) in [6.45, 7) is 16.3. The van der Waals surface area contributed by atoms with Gasteiger partial charge in [-0.2, -0.15) is 0 Å². The molecule has 8 fully saturated rings. The fourth-order valence-electron chi connectivity index (χ4n) is 9.85. The van der Waals surface area contributed by atoms with Crippen molar-refractivity contribution in [1.29, 1.82) is 0 Å². The largest absolute Gasteiger partial charge is 0.514 e. The molecule has 376 valence electrons. The average molecular weight is 987 g/mol. The van der Waals surface area contributed by atoms with E-state index in [1.807, 2.05) is 0 Å². The normalized spacial score (nSPS) is 37.0. The van der Waals surface area contributed by atoms with Crippen molar-refractivity contribution in [3.8, 4) is 5.75 Å². The molecule has 6 saturated heterocycles. The van der Waals surface area contributed by atoms with Gasteiger partial charge < -0.3 is 63.1 Å². The third-order valence-corrected chi connectivity index (χ3v) is 13.8. The van der Waals surface area contributed by atoms with E-state index < -0.39 is 35.0 Å². The van der Waals surface area contributed by atoms with Crippen LogP contribution in [0.3, 0.4) is 0 Å². The number of hydrogen-bond donors (Lipinski definition) is 3. The number of ether oxygens (including phenoxy) is 9. The van der Waals surface area contributed by atoms with E-state index in [4.69, 9.17) is 70.9 Å². The zero-order chi connectivity index (χ0) is 48.9. The Labute approximate surface area is 402 Å². The Kier molecular flexibility index (Phi) is 17.7. The molecule has 67 heavy (non-hydrogen) atoms. The first-order valence-electron chi connectivity index (χ1n) is 23.1. The zero-order valence-electron chi connectivity index (χ0n) is 39.7. The second kappa shape index (κ2) is 22.3. The van der Waals surface area contributed by atoms with Crippen LogP contribution in [0.1, 0.15) is 67.2 Å². The summed E-state index contributed by atoms with van der Waals surface area (Å²) in [5.41, 5.74) is -1.48.